The topological polar surface area (TPSA) is 0 Å². The Bertz CT molecular complexity index is 581. The van der Waals surface area contributed by atoms with Crippen LogP contribution in [0.4, 0.5) is 8.78 Å². The summed E-state index contributed by atoms with van der Waals surface area (Å²) in [4.78, 5) is -0.290. The lowest BCUT2D eigenvalue weighted by Crippen LogP contribution is -2.00. The van der Waals surface area contributed by atoms with Crippen molar-refractivity contribution in [2.75, 3.05) is 0 Å². The minimum Gasteiger partial charge on any atom is -0.207 e. The van der Waals surface area contributed by atoms with Crippen LogP contribution in [0.25, 0.3) is 0 Å². The van der Waals surface area contributed by atoms with Gasteiger partial charge in [0.15, 0.2) is 0 Å². The number of benzene rings is 2. The Hall–Kier alpha value is -0.930. The summed E-state index contributed by atoms with van der Waals surface area (Å²) in [6.45, 7) is 2.00. The van der Waals surface area contributed by atoms with Crippen LogP contribution < -0.4 is 0 Å². The SMILES string of the molecule is Cc1ccc(CC(Br)c2cc(F)c(Cl)cc2F)cc1. The molecule has 100 valence electrons. The molecule has 4 heteroatoms. The maximum absolute atomic E-state index is 13.8. The third-order valence-corrected chi connectivity index (χ3v) is 4.02. The fraction of sp³-hybridized carbons (Fsp3) is 0.200. The summed E-state index contributed by atoms with van der Waals surface area (Å²) in [6, 6.07) is 10.1. The average Bonchev–Trinajstić information content (AvgIpc) is 2.36. The van der Waals surface area contributed by atoms with Crippen molar-refractivity contribution in [1.82, 2.24) is 0 Å². The van der Waals surface area contributed by atoms with Crippen molar-refractivity contribution in [3.63, 3.8) is 0 Å². The van der Waals surface area contributed by atoms with Crippen LogP contribution in [0.5, 0.6) is 0 Å². The molecule has 0 nitrogen and oxygen atoms in total. The monoisotopic (exact) mass is 344 g/mol. The maximum Gasteiger partial charge on any atom is 0.142 e. The Morgan fingerprint density at radius 2 is 1.74 bits per heavy atom. The minimum atomic E-state index is -0.605. The van der Waals surface area contributed by atoms with Gasteiger partial charge in [-0.15, -0.1) is 0 Å². The van der Waals surface area contributed by atoms with Gasteiger partial charge in [-0.05, 0) is 31.0 Å². The molecule has 0 aliphatic rings. The van der Waals surface area contributed by atoms with Gasteiger partial charge in [-0.2, -0.15) is 0 Å². The van der Waals surface area contributed by atoms with Crippen molar-refractivity contribution in [3.8, 4) is 0 Å². The fourth-order valence-electron chi connectivity index (χ4n) is 1.82. The van der Waals surface area contributed by atoms with E-state index in [-0.39, 0.29) is 15.4 Å². The van der Waals surface area contributed by atoms with E-state index in [1.807, 2.05) is 31.2 Å². The molecule has 19 heavy (non-hydrogen) atoms. The van der Waals surface area contributed by atoms with E-state index in [1.165, 1.54) is 5.56 Å². The summed E-state index contributed by atoms with van der Waals surface area (Å²) < 4.78 is 27.2. The van der Waals surface area contributed by atoms with Gasteiger partial charge in [-0.3, -0.25) is 0 Å². The van der Waals surface area contributed by atoms with Crippen molar-refractivity contribution in [2.45, 2.75) is 18.2 Å². The zero-order valence-corrected chi connectivity index (χ0v) is 12.6. The quantitative estimate of drug-likeness (QED) is 0.501. The molecule has 2 rings (SSSR count). The van der Waals surface area contributed by atoms with E-state index in [4.69, 9.17) is 11.6 Å². The van der Waals surface area contributed by atoms with Crippen molar-refractivity contribution in [2.24, 2.45) is 0 Å². The molecule has 1 atom stereocenters. The van der Waals surface area contributed by atoms with Crippen LogP contribution in [0.3, 0.4) is 0 Å². The Morgan fingerprint density at radius 1 is 1.11 bits per heavy atom. The van der Waals surface area contributed by atoms with Crippen LogP contribution >= 0.6 is 27.5 Å². The maximum atomic E-state index is 13.8. The minimum absolute atomic E-state index is 0.198. The Labute approximate surface area is 124 Å². The second-order valence-electron chi connectivity index (χ2n) is 4.45. The fourth-order valence-corrected chi connectivity index (χ4v) is 2.69. The van der Waals surface area contributed by atoms with Crippen molar-refractivity contribution in [3.05, 3.63) is 69.7 Å². The zero-order chi connectivity index (χ0) is 14.0. The van der Waals surface area contributed by atoms with Crippen LogP contribution in [-0.4, -0.2) is 0 Å². The highest BCUT2D eigenvalue weighted by Gasteiger charge is 2.16. The summed E-state index contributed by atoms with van der Waals surface area (Å²) in [5.74, 6) is -1.10. The number of aryl methyl sites for hydroxylation is 1. The first-order valence-corrected chi connectivity index (χ1v) is 7.11. The van der Waals surface area contributed by atoms with Gasteiger partial charge in [0.05, 0.1) is 5.02 Å². The molecule has 0 saturated heterocycles. The first-order valence-electron chi connectivity index (χ1n) is 5.81. The molecule has 2 aromatic rings. The smallest absolute Gasteiger partial charge is 0.142 e. The molecule has 0 saturated carbocycles. The van der Waals surface area contributed by atoms with E-state index < -0.39 is 11.6 Å². The molecule has 0 amide bonds. The highest BCUT2D eigenvalue weighted by atomic mass is 79.9. The molecule has 1 unspecified atom stereocenters. The number of alkyl halides is 1. The van der Waals surface area contributed by atoms with Gasteiger partial charge in [0.2, 0.25) is 0 Å². The van der Waals surface area contributed by atoms with E-state index in [2.05, 4.69) is 15.9 Å². The molecular weight excluding hydrogens is 334 g/mol. The molecule has 0 radical (unpaired) electrons. The summed E-state index contributed by atoms with van der Waals surface area (Å²) >= 11 is 8.94. The highest BCUT2D eigenvalue weighted by molar-refractivity contribution is 9.09. The molecule has 0 spiro atoms. The van der Waals surface area contributed by atoms with Gasteiger partial charge >= 0.3 is 0 Å². The van der Waals surface area contributed by atoms with E-state index in [0.29, 0.717) is 6.42 Å². The number of hydrogen-bond acceptors (Lipinski definition) is 0. The normalized spacial score (nSPS) is 12.5. The Kier molecular flexibility index (Phi) is 4.58. The van der Waals surface area contributed by atoms with Gasteiger partial charge in [0.25, 0.3) is 0 Å². The third kappa shape index (κ3) is 3.54. The largest absolute Gasteiger partial charge is 0.207 e. The molecular formula is C15H12BrClF2. The lowest BCUT2D eigenvalue weighted by molar-refractivity contribution is 0.584. The summed E-state index contributed by atoms with van der Waals surface area (Å²) in [5, 5.41) is -0.198. The van der Waals surface area contributed by atoms with Crippen molar-refractivity contribution >= 4 is 27.5 Å². The predicted molar refractivity (Wildman–Crippen MR) is 77.9 cm³/mol. The van der Waals surface area contributed by atoms with E-state index in [1.54, 1.807) is 0 Å². The van der Waals surface area contributed by atoms with Gasteiger partial charge in [-0.1, -0.05) is 57.4 Å². The molecule has 0 aliphatic carbocycles. The first-order chi connectivity index (χ1) is 8.97. The Morgan fingerprint density at radius 3 is 2.37 bits per heavy atom. The zero-order valence-electron chi connectivity index (χ0n) is 10.3. The van der Waals surface area contributed by atoms with Crippen molar-refractivity contribution in [1.29, 1.82) is 0 Å². The molecule has 0 aliphatic heterocycles. The number of halogens is 4. The molecule has 0 bridgehead atoms. The molecule has 0 N–H and O–H groups in total. The molecule has 2 aromatic carbocycles. The first kappa shape index (κ1) is 14.5. The number of rotatable bonds is 3. The van der Waals surface area contributed by atoms with E-state index in [0.717, 1.165) is 17.7 Å². The summed E-state index contributed by atoms with van der Waals surface area (Å²) in [6.07, 6.45) is 0.582. The molecule has 0 aromatic heterocycles. The van der Waals surface area contributed by atoms with Crippen LogP contribution in [0.2, 0.25) is 5.02 Å². The summed E-state index contributed by atoms with van der Waals surface area (Å²) in [7, 11) is 0. The standard InChI is InChI=1S/C15H12BrClF2/c1-9-2-4-10(5-3-9)6-12(16)11-7-15(19)13(17)8-14(11)18/h2-5,7-8,12H,6H2,1H3. The lowest BCUT2D eigenvalue weighted by Gasteiger charge is -2.12. The lowest BCUT2D eigenvalue weighted by atomic mass is 10.0. The van der Waals surface area contributed by atoms with E-state index in [9.17, 15) is 8.78 Å². The van der Waals surface area contributed by atoms with E-state index >= 15 is 0 Å². The third-order valence-electron chi connectivity index (χ3n) is 2.91. The molecule has 0 fully saturated rings. The van der Waals surface area contributed by atoms with Gasteiger partial charge in [-0.25, -0.2) is 8.78 Å². The van der Waals surface area contributed by atoms with Gasteiger partial charge in [0.1, 0.15) is 11.6 Å². The van der Waals surface area contributed by atoms with Crippen LogP contribution in [0.15, 0.2) is 36.4 Å². The van der Waals surface area contributed by atoms with Crippen LogP contribution in [0, 0.1) is 18.6 Å². The molecule has 0 heterocycles. The Balaban J connectivity index is 2.22. The van der Waals surface area contributed by atoms with Gasteiger partial charge in [0, 0.05) is 10.4 Å². The van der Waals surface area contributed by atoms with Crippen molar-refractivity contribution < 1.29 is 8.78 Å². The summed E-state index contributed by atoms with van der Waals surface area (Å²) in [5.41, 5.74) is 2.50. The van der Waals surface area contributed by atoms with Gasteiger partial charge < -0.3 is 0 Å². The second-order valence-corrected chi connectivity index (χ2v) is 5.96. The van der Waals surface area contributed by atoms with Crippen LogP contribution in [0.1, 0.15) is 21.5 Å². The van der Waals surface area contributed by atoms with Crippen LogP contribution in [-0.2, 0) is 6.42 Å². The highest BCUT2D eigenvalue weighted by Crippen LogP contribution is 2.31. The average molecular weight is 346 g/mol. The second kappa shape index (κ2) is 6.02. The predicted octanol–water partition coefficient (Wildman–Crippen LogP) is 5.61. The number of hydrogen-bond donors (Lipinski definition) is 0.